The van der Waals surface area contributed by atoms with Crippen molar-refractivity contribution >= 4 is 17.9 Å². The van der Waals surface area contributed by atoms with Crippen molar-refractivity contribution in [2.45, 2.75) is 277 Å². The second-order valence-corrected chi connectivity index (χ2v) is 18.1. The van der Waals surface area contributed by atoms with E-state index in [1.807, 2.05) is 0 Å². The van der Waals surface area contributed by atoms with Gasteiger partial charge in [-0.05, 0) is 64.2 Å². The van der Waals surface area contributed by atoms with Gasteiger partial charge in [-0.2, -0.15) is 0 Å². The smallest absolute Gasteiger partial charge is 0.306 e. The summed E-state index contributed by atoms with van der Waals surface area (Å²) in [6.07, 6.45) is 65.7. The van der Waals surface area contributed by atoms with Gasteiger partial charge in [0.1, 0.15) is 13.2 Å². The first-order valence-electron chi connectivity index (χ1n) is 27.3. The number of esters is 3. The van der Waals surface area contributed by atoms with E-state index < -0.39 is 6.10 Å². The van der Waals surface area contributed by atoms with Crippen molar-refractivity contribution in [3.8, 4) is 0 Å². The van der Waals surface area contributed by atoms with Gasteiger partial charge in [0.05, 0.1) is 0 Å². The minimum atomic E-state index is -0.763. The van der Waals surface area contributed by atoms with Crippen LogP contribution in [0.15, 0.2) is 60.8 Å². The van der Waals surface area contributed by atoms with Gasteiger partial charge >= 0.3 is 17.9 Å². The summed E-state index contributed by atoms with van der Waals surface area (Å²) in [5, 5.41) is 0. The summed E-state index contributed by atoms with van der Waals surface area (Å²) in [5.41, 5.74) is 0. The summed E-state index contributed by atoms with van der Waals surface area (Å²) in [5.74, 6) is -0.883. The molecule has 0 spiro atoms. The molecule has 6 heteroatoms. The van der Waals surface area contributed by atoms with E-state index >= 15 is 0 Å². The van der Waals surface area contributed by atoms with Crippen LogP contribution in [-0.2, 0) is 28.6 Å². The topological polar surface area (TPSA) is 78.9 Å². The molecule has 0 N–H and O–H groups in total. The standard InChI is InChI=1S/C58H102O6/c1-4-7-10-13-15-17-18-19-20-21-22-23-24-25-26-27-28-29-30-31-32-33-34-35-36-37-38-39-40-41-43-45-48-51-57(60)63-54-55(53-62-56(59)50-47-44-12-9-6-3)64-58(61)52-49-46-42-16-14-11-8-5-2/h7,10,15,17,19-20,22-23,25-26,55H,4-6,8-9,11-14,16,18,21,24,27-54H2,1-3H3/b10-7-,17-15-,20-19-,23-22-,26-25-. The summed E-state index contributed by atoms with van der Waals surface area (Å²) < 4.78 is 16.6. The fourth-order valence-electron chi connectivity index (χ4n) is 7.70. The average Bonchev–Trinajstić information content (AvgIpc) is 3.29. The van der Waals surface area contributed by atoms with E-state index in [1.54, 1.807) is 0 Å². The molecule has 0 rings (SSSR count). The van der Waals surface area contributed by atoms with Gasteiger partial charge in [-0.25, -0.2) is 0 Å². The molecule has 64 heavy (non-hydrogen) atoms. The molecule has 370 valence electrons. The molecule has 1 atom stereocenters. The van der Waals surface area contributed by atoms with Crippen LogP contribution in [0.2, 0.25) is 0 Å². The molecule has 0 aliphatic carbocycles. The third kappa shape index (κ3) is 50.1. The van der Waals surface area contributed by atoms with Crippen molar-refractivity contribution < 1.29 is 28.6 Å². The zero-order chi connectivity index (χ0) is 46.5. The molecule has 6 nitrogen and oxygen atoms in total. The zero-order valence-electron chi connectivity index (χ0n) is 42.3. The van der Waals surface area contributed by atoms with Crippen molar-refractivity contribution in [3.05, 3.63) is 60.8 Å². The molecule has 0 saturated heterocycles. The predicted molar refractivity (Wildman–Crippen MR) is 275 cm³/mol. The highest BCUT2D eigenvalue weighted by Crippen LogP contribution is 2.16. The van der Waals surface area contributed by atoms with Crippen LogP contribution in [0.1, 0.15) is 271 Å². The molecule has 0 saturated carbocycles. The molecular formula is C58H102O6. The largest absolute Gasteiger partial charge is 0.462 e. The first kappa shape index (κ1) is 61.1. The third-order valence-electron chi connectivity index (χ3n) is 11.8. The minimum Gasteiger partial charge on any atom is -0.462 e. The molecule has 0 aliphatic heterocycles. The lowest BCUT2D eigenvalue weighted by molar-refractivity contribution is -0.167. The average molecular weight is 895 g/mol. The molecule has 0 aromatic heterocycles. The van der Waals surface area contributed by atoms with Crippen LogP contribution < -0.4 is 0 Å². The van der Waals surface area contributed by atoms with Gasteiger partial charge < -0.3 is 14.2 Å². The Kier molecular flexibility index (Phi) is 50.4. The van der Waals surface area contributed by atoms with Crippen LogP contribution in [0.4, 0.5) is 0 Å². The Morgan fingerprint density at radius 3 is 0.953 bits per heavy atom. The first-order chi connectivity index (χ1) is 31.5. The zero-order valence-corrected chi connectivity index (χ0v) is 42.3. The maximum Gasteiger partial charge on any atom is 0.306 e. The summed E-state index contributed by atoms with van der Waals surface area (Å²) in [6.45, 7) is 6.42. The molecule has 0 aliphatic rings. The Bertz CT molecular complexity index is 1170. The lowest BCUT2D eigenvalue weighted by atomic mass is 10.0. The summed E-state index contributed by atoms with van der Waals surface area (Å²) >= 11 is 0. The van der Waals surface area contributed by atoms with Gasteiger partial charge in [0, 0.05) is 19.3 Å². The number of allylic oxidation sites excluding steroid dienone is 10. The molecule has 0 amide bonds. The summed E-state index contributed by atoms with van der Waals surface area (Å²) in [7, 11) is 0. The fraction of sp³-hybridized carbons (Fsp3) is 0.776. The van der Waals surface area contributed by atoms with Crippen LogP contribution in [0.5, 0.6) is 0 Å². The molecule has 0 fully saturated rings. The second-order valence-electron chi connectivity index (χ2n) is 18.1. The maximum absolute atomic E-state index is 12.6. The predicted octanol–water partition coefficient (Wildman–Crippen LogP) is 18.0. The van der Waals surface area contributed by atoms with Crippen molar-refractivity contribution in [2.75, 3.05) is 13.2 Å². The van der Waals surface area contributed by atoms with Crippen molar-refractivity contribution in [2.24, 2.45) is 0 Å². The Morgan fingerprint density at radius 1 is 0.328 bits per heavy atom. The Morgan fingerprint density at radius 2 is 0.609 bits per heavy atom. The van der Waals surface area contributed by atoms with E-state index in [0.29, 0.717) is 19.3 Å². The molecule has 0 heterocycles. The molecule has 0 radical (unpaired) electrons. The first-order valence-corrected chi connectivity index (χ1v) is 27.3. The van der Waals surface area contributed by atoms with E-state index in [-0.39, 0.29) is 31.1 Å². The third-order valence-corrected chi connectivity index (χ3v) is 11.8. The fourth-order valence-corrected chi connectivity index (χ4v) is 7.70. The van der Waals surface area contributed by atoms with Crippen LogP contribution in [0, 0.1) is 0 Å². The van der Waals surface area contributed by atoms with Crippen LogP contribution >= 0.6 is 0 Å². The van der Waals surface area contributed by atoms with Gasteiger partial charge in [0.25, 0.3) is 0 Å². The lowest BCUT2D eigenvalue weighted by Gasteiger charge is -2.18. The number of rotatable bonds is 49. The molecule has 0 aromatic carbocycles. The Balaban J connectivity index is 3.83. The van der Waals surface area contributed by atoms with E-state index in [0.717, 1.165) is 96.3 Å². The number of unbranched alkanes of at least 4 members (excludes halogenated alkanes) is 28. The summed E-state index contributed by atoms with van der Waals surface area (Å²) in [6, 6.07) is 0. The highest BCUT2D eigenvalue weighted by atomic mass is 16.6. The van der Waals surface area contributed by atoms with Gasteiger partial charge in [0.15, 0.2) is 6.10 Å². The van der Waals surface area contributed by atoms with Crippen molar-refractivity contribution in [3.63, 3.8) is 0 Å². The summed E-state index contributed by atoms with van der Waals surface area (Å²) in [4.78, 5) is 37.5. The van der Waals surface area contributed by atoms with Gasteiger partial charge in [-0.1, -0.05) is 248 Å². The van der Waals surface area contributed by atoms with Crippen LogP contribution in [0.25, 0.3) is 0 Å². The minimum absolute atomic E-state index is 0.0702. The van der Waals surface area contributed by atoms with Crippen molar-refractivity contribution in [1.29, 1.82) is 0 Å². The quantitative estimate of drug-likeness (QED) is 0.0262. The molecule has 0 bridgehead atoms. The van der Waals surface area contributed by atoms with Gasteiger partial charge in [0.2, 0.25) is 0 Å². The number of hydrogen-bond acceptors (Lipinski definition) is 6. The Hall–Kier alpha value is -2.89. The maximum atomic E-state index is 12.6. The van der Waals surface area contributed by atoms with Crippen LogP contribution in [-0.4, -0.2) is 37.2 Å². The number of carbonyl (C=O) groups is 3. The van der Waals surface area contributed by atoms with E-state index in [4.69, 9.17) is 14.2 Å². The SMILES string of the molecule is CC/C=C\C/C=C\C/C=C\C/C=C\C/C=C\CCCCCCCCCCCCCCCCCCCC(=O)OCC(COC(=O)CCCCCCC)OC(=O)CCCCCCCCCC. The molecule has 0 aromatic rings. The van der Waals surface area contributed by atoms with Crippen molar-refractivity contribution in [1.82, 2.24) is 0 Å². The van der Waals surface area contributed by atoms with E-state index in [9.17, 15) is 14.4 Å². The van der Waals surface area contributed by atoms with E-state index in [2.05, 4.69) is 81.5 Å². The van der Waals surface area contributed by atoms with E-state index in [1.165, 1.54) is 135 Å². The highest BCUT2D eigenvalue weighted by molar-refractivity contribution is 5.71. The Labute approximate surface area is 396 Å². The van der Waals surface area contributed by atoms with Gasteiger partial charge in [-0.3, -0.25) is 14.4 Å². The molecular weight excluding hydrogens is 793 g/mol. The lowest BCUT2D eigenvalue weighted by Crippen LogP contribution is -2.30. The number of ether oxygens (including phenoxy) is 3. The normalized spacial score (nSPS) is 12.5. The number of carbonyl (C=O) groups excluding carboxylic acids is 3. The van der Waals surface area contributed by atoms with Crippen LogP contribution in [0.3, 0.4) is 0 Å². The van der Waals surface area contributed by atoms with Gasteiger partial charge in [-0.15, -0.1) is 0 Å². The molecule has 1 unspecified atom stereocenters. The number of hydrogen-bond donors (Lipinski definition) is 0. The highest BCUT2D eigenvalue weighted by Gasteiger charge is 2.19. The second kappa shape index (κ2) is 52.7. The monoisotopic (exact) mass is 895 g/mol.